The third kappa shape index (κ3) is 4.55. The lowest BCUT2D eigenvalue weighted by molar-refractivity contribution is 0.0686. The lowest BCUT2D eigenvalue weighted by Crippen LogP contribution is -1.96. The van der Waals surface area contributed by atoms with E-state index in [-0.39, 0.29) is 0 Å². The highest BCUT2D eigenvalue weighted by Crippen LogP contribution is 2.18. The number of carboxylic acids is 2. The van der Waals surface area contributed by atoms with Crippen LogP contribution in [0.15, 0.2) is 60.9 Å². The summed E-state index contributed by atoms with van der Waals surface area (Å²) in [6.07, 6.45) is 4.32. The topological polar surface area (TPSA) is 100 Å². The summed E-state index contributed by atoms with van der Waals surface area (Å²) in [6, 6.07) is 13.9. The summed E-state index contributed by atoms with van der Waals surface area (Å²) < 4.78 is 0. The normalized spacial score (nSPS) is 10.4. The van der Waals surface area contributed by atoms with Gasteiger partial charge in [-0.15, -0.1) is 0 Å². The largest absolute Gasteiger partial charge is 0.478 e. The van der Waals surface area contributed by atoms with Crippen LogP contribution in [0.25, 0.3) is 21.5 Å². The zero-order valence-electron chi connectivity index (χ0n) is 16.1. The highest BCUT2D eigenvalue weighted by molar-refractivity contribution is 5.95. The molecule has 0 atom stereocenters. The van der Waals surface area contributed by atoms with Crippen molar-refractivity contribution in [2.24, 2.45) is 0 Å². The minimum absolute atomic E-state index is 0.308. The Morgan fingerprint density at radius 3 is 2.14 bits per heavy atom. The van der Waals surface area contributed by atoms with Crippen LogP contribution in [-0.4, -0.2) is 32.1 Å². The number of rotatable bonds is 3. The molecule has 0 aliphatic heterocycles. The van der Waals surface area contributed by atoms with Crippen LogP contribution in [0.3, 0.4) is 0 Å². The van der Waals surface area contributed by atoms with Gasteiger partial charge in [0, 0.05) is 34.6 Å². The van der Waals surface area contributed by atoms with Gasteiger partial charge in [0.05, 0.1) is 11.1 Å². The first-order valence-corrected chi connectivity index (χ1v) is 9.09. The third-order valence-electron chi connectivity index (χ3n) is 4.60. The molecule has 4 aromatic rings. The Morgan fingerprint density at radius 1 is 0.828 bits per heavy atom. The number of benzene rings is 2. The van der Waals surface area contributed by atoms with Crippen molar-refractivity contribution in [2.75, 3.05) is 0 Å². The summed E-state index contributed by atoms with van der Waals surface area (Å²) in [6.45, 7) is 3.93. The quantitative estimate of drug-likeness (QED) is 0.526. The van der Waals surface area contributed by atoms with Gasteiger partial charge in [0.1, 0.15) is 0 Å². The lowest BCUT2D eigenvalue weighted by atomic mass is 10.1. The zero-order valence-corrected chi connectivity index (χ0v) is 16.1. The smallest absolute Gasteiger partial charge is 0.335 e. The molecule has 2 N–H and O–H groups in total. The number of nitrogens with zero attached hydrogens (tertiary/aromatic N) is 2. The van der Waals surface area contributed by atoms with Gasteiger partial charge in [0.25, 0.3) is 0 Å². The fraction of sp³-hybridized carbons (Fsp3) is 0.130. The minimum atomic E-state index is -0.902. The highest BCUT2D eigenvalue weighted by Gasteiger charge is 2.05. The fourth-order valence-corrected chi connectivity index (χ4v) is 2.97. The molecule has 0 saturated carbocycles. The lowest BCUT2D eigenvalue weighted by Gasteiger charge is -2.01. The first-order chi connectivity index (χ1) is 13.9. The van der Waals surface area contributed by atoms with Gasteiger partial charge < -0.3 is 10.2 Å². The Bertz CT molecular complexity index is 1220. The predicted molar refractivity (Wildman–Crippen MR) is 112 cm³/mol. The Labute approximate surface area is 167 Å². The molecule has 0 bridgehead atoms. The molecule has 0 amide bonds. The molecule has 29 heavy (non-hydrogen) atoms. The van der Waals surface area contributed by atoms with E-state index in [1.807, 2.05) is 26.0 Å². The average Bonchev–Trinajstić information content (AvgIpc) is 2.73. The van der Waals surface area contributed by atoms with Crippen molar-refractivity contribution in [3.8, 4) is 0 Å². The molecule has 0 aliphatic carbocycles. The van der Waals surface area contributed by atoms with Crippen molar-refractivity contribution >= 4 is 33.5 Å². The first-order valence-electron chi connectivity index (χ1n) is 9.09. The van der Waals surface area contributed by atoms with Crippen molar-refractivity contribution in [2.45, 2.75) is 20.3 Å². The van der Waals surface area contributed by atoms with Crippen molar-refractivity contribution in [3.05, 3.63) is 83.4 Å². The van der Waals surface area contributed by atoms with Gasteiger partial charge in [-0.2, -0.15) is 0 Å². The van der Waals surface area contributed by atoms with Gasteiger partial charge in [-0.1, -0.05) is 19.1 Å². The molecule has 0 aliphatic rings. The number of fused-ring (bicyclic) bond motifs is 2. The number of aryl methyl sites for hydroxylation is 2. The minimum Gasteiger partial charge on any atom is -0.478 e. The van der Waals surface area contributed by atoms with Crippen LogP contribution in [0.1, 0.15) is 39.0 Å². The molecule has 0 unspecified atom stereocenters. The maximum atomic E-state index is 10.8. The first kappa shape index (κ1) is 19.9. The van der Waals surface area contributed by atoms with Crippen molar-refractivity contribution in [3.63, 3.8) is 0 Å². The van der Waals surface area contributed by atoms with Gasteiger partial charge in [0.15, 0.2) is 0 Å². The molecule has 0 spiro atoms. The van der Waals surface area contributed by atoms with Crippen molar-refractivity contribution in [1.29, 1.82) is 0 Å². The molecule has 2 aromatic carbocycles. The number of carboxylic acid groups (broad SMARTS) is 2. The summed E-state index contributed by atoms with van der Waals surface area (Å²) in [4.78, 5) is 29.9. The van der Waals surface area contributed by atoms with Crippen molar-refractivity contribution < 1.29 is 19.8 Å². The van der Waals surface area contributed by atoms with E-state index in [9.17, 15) is 9.59 Å². The second-order valence-corrected chi connectivity index (χ2v) is 6.53. The van der Waals surface area contributed by atoms with Crippen LogP contribution < -0.4 is 0 Å². The van der Waals surface area contributed by atoms with Crippen LogP contribution >= 0.6 is 0 Å². The predicted octanol–water partition coefficient (Wildman–Crippen LogP) is 4.74. The molecule has 2 heterocycles. The Kier molecular flexibility index (Phi) is 5.83. The molecule has 6 heteroatoms. The molecular weight excluding hydrogens is 368 g/mol. The van der Waals surface area contributed by atoms with E-state index in [1.54, 1.807) is 48.8 Å². The van der Waals surface area contributed by atoms with E-state index in [4.69, 9.17) is 10.2 Å². The summed E-state index contributed by atoms with van der Waals surface area (Å²) >= 11 is 0. The number of aromatic nitrogens is 2. The van der Waals surface area contributed by atoms with Crippen LogP contribution in [0.2, 0.25) is 0 Å². The number of hydrogen-bond donors (Lipinski definition) is 2. The van der Waals surface area contributed by atoms with Gasteiger partial charge in [-0.05, 0) is 60.5 Å². The highest BCUT2D eigenvalue weighted by atomic mass is 16.4. The number of aromatic carboxylic acids is 2. The van der Waals surface area contributed by atoms with E-state index in [1.165, 1.54) is 0 Å². The maximum Gasteiger partial charge on any atom is 0.335 e. The van der Waals surface area contributed by atoms with Crippen LogP contribution in [-0.2, 0) is 6.42 Å². The average molecular weight is 388 g/mol. The van der Waals surface area contributed by atoms with Crippen LogP contribution in [0.4, 0.5) is 0 Å². The Morgan fingerprint density at radius 2 is 1.48 bits per heavy atom. The molecule has 0 fully saturated rings. The van der Waals surface area contributed by atoms with E-state index in [2.05, 4.69) is 9.97 Å². The standard InChI is InChI=1S/C12H11NO2.C11H9NO2/c1-2-11-6-10-5-8(12(14)15)3-4-9(10)7-13-11;1-7-10-3-2-9(11(13)14)6-8(10)4-5-12-7/h3-7H,2H2,1H3,(H,14,15);2-6H,1H3,(H,13,14). The summed E-state index contributed by atoms with van der Waals surface area (Å²) in [5.41, 5.74) is 2.52. The second kappa shape index (κ2) is 8.48. The SMILES string of the molecule is CCc1cc2cc(C(=O)O)ccc2cn1.Cc1nccc2cc(C(=O)O)ccc12. The zero-order chi connectivity index (χ0) is 21.0. The molecule has 146 valence electrons. The van der Waals surface area contributed by atoms with Crippen molar-refractivity contribution in [1.82, 2.24) is 9.97 Å². The van der Waals surface area contributed by atoms with Gasteiger partial charge >= 0.3 is 11.9 Å². The van der Waals surface area contributed by atoms with E-state index in [0.717, 1.165) is 39.4 Å². The monoisotopic (exact) mass is 388 g/mol. The van der Waals surface area contributed by atoms with Crippen LogP contribution in [0.5, 0.6) is 0 Å². The van der Waals surface area contributed by atoms with E-state index >= 15 is 0 Å². The Balaban J connectivity index is 0.000000166. The van der Waals surface area contributed by atoms with Gasteiger partial charge in [0.2, 0.25) is 0 Å². The molecule has 0 radical (unpaired) electrons. The molecular formula is C23H20N2O4. The molecule has 2 aromatic heterocycles. The fourth-order valence-electron chi connectivity index (χ4n) is 2.97. The summed E-state index contributed by atoms with van der Waals surface area (Å²) in [5, 5.41) is 21.5. The molecule has 0 saturated heterocycles. The molecule has 6 nitrogen and oxygen atoms in total. The summed E-state index contributed by atoms with van der Waals surface area (Å²) in [7, 11) is 0. The number of carbonyl (C=O) groups is 2. The van der Waals surface area contributed by atoms with E-state index < -0.39 is 11.9 Å². The van der Waals surface area contributed by atoms with E-state index in [0.29, 0.717) is 11.1 Å². The second-order valence-electron chi connectivity index (χ2n) is 6.53. The maximum absolute atomic E-state index is 10.8. The van der Waals surface area contributed by atoms with Gasteiger partial charge in [-0.3, -0.25) is 9.97 Å². The third-order valence-corrected chi connectivity index (χ3v) is 4.60. The summed E-state index contributed by atoms with van der Waals surface area (Å²) in [5.74, 6) is -1.80. The Hall–Kier alpha value is -3.80. The van der Waals surface area contributed by atoms with Crippen LogP contribution in [0, 0.1) is 6.92 Å². The number of hydrogen-bond acceptors (Lipinski definition) is 4. The number of pyridine rings is 2. The van der Waals surface area contributed by atoms with Gasteiger partial charge in [-0.25, -0.2) is 9.59 Å². The molecule has 4 rings (SSSR count).